The van der Waals surface area contributed by atoms with Crippen molar-refractivity contribution in [1.29, 1.82) is 0 Å². The van der Waals surface area contributed by atoms with Crippen molar-refractivity contribution >= 4 is 23.4 Å². The van der Waals surface area contributed by atoms with Crippen LogP contribution in [0, 0.1) is 11.7 Å². The highest BCUT2D eigenvalue weighted by Gasteiger charge is 2.29. The van der Waals surface area contributed by atoms with Gasteiger partial charge in [0.1, 0.15) is 11.6 Å². The summed E-state index contributed by atoms with van der Waals surface area (Å²) in [6.07, 6.45) is 0.568. The standard InChI is InChI=1S/C13H14ClFN2O3/c14-10-5-9(15)1-2-11(10)20-7-12(18)17-4-3-8(6-17)13(16)19/h1-2,5,8H,3-4,6-7H2,(H2,16,19)/t8-/m0/s1. The molecular formula is C13H14ClFN2O3. The van der Waals surface area contributed by atoms with Crippen molar-refractivity contribution in [2.75, 3.05) is 19.7 Å². The first-order valence-corrected chi connectivity index (χ1v) is 6.50. The number of ether oxygens (including phenoxy) is 1. The van der Waals surface area contributed by atoms with Gasteiger partial charge in [-0.3, -0.25) is 9.59 Å². The minimum Gasteiger partial charge on any atom is -0.482 e. The predicted octanol–water partition coefficient (Wildman–Crippen LogP) is 1.19. The van der Waals surface area contributed by atoms with E-state index in [1.54, 1.807) is 0 Å². The summed E-state index contributed by atoms with van der Waals surface area (Å²) >= 11 is 5.79. The Morgan fingerprint density at radius 1 is 1.50 bits per heavy atom. The summed E-state index contributed by atoms with van der Waals surface area (Å²) in [5.41, 5.74) is 5.20. The molecule has 0 bridgehead atoms. The molecule has 0 radical (unpaired) electrons. The molecule has 1 atom stereocenters. The first-order chi connectivity index (χ1) is 9.47. The molecule has 1 aromatic carbocycles. The minimum atomic E-state index is -0.475. The van der Waals surface area contributed by atoms with E-state index in [0.717, 1.165) is 6.07 Å². The van der Waals surface area contributed by atoms with Gasteiger partial charge in [0.25, 0.3) is 5.91 Å². The monoisotopic (exact) mass is 300 g/mol. The number of carbonyl (C=O) groups excluding carboxylic acids is 2. The second-order valence-corrected chi connectivity index (χ2v) is 5.00. The second-order valence-electron chi connectivity index (χ2n) is 4.59. The van der Waals surface area contributed by atoms with Crippen LogP contribution in [0.3, 0.4) is 0 Å². The van der Waals surface area contributed by atoms with Crippen LogP contribution in [0.4, 0.5) is 4.39 Å². The van der Waals surface area contributed by atoms with E-state index >= 15 is 0 Å². The van der Waals surface area contributed by atoms with Crippen molar-refractivity contribution < 1.29 is 18.7 Å². The zero-order valence-electron chi connectivity index (χ0n) is 10.6. The number of amides is 2. The van der Waals surface area contributed by atoms with Crippen LogP contribution in [0.2, 0.25) is 5.02 Å². The minimum absolute atomic E-state index is 0.106. The molecule has 1 saturated heterocycles. The van der Waals surface area contributed by atoms with Crippen LogP contribution in [0.1, 0.15) is 6.42 Å². The molecule has 1 aliphatic rings. The van der Waals surface area contributed by atoms with Gasteiger partial charge in [-0.05, 0) is 24.6 Å². The van der Waals surface area contributed by atoms with Crippen molar-refractivity contribution in [3.8, 4) is 5.75 Å². The van der Waals surface area contributed by atoms with Crippen LogP contribution in [0.25, 0.3) is 0 Å². The number of carbonyl (C=O) groups is 2. The summed E-state index contributed by atoms with van der Waals surface area (Å²) < 4.78 is 18.1. The summed E-state index contributed by atoms with van der Waals surface area (Å²) in [5, 5.41) is 0.106. The SMILES string of the molecule is NC(=O)[C@H]1CCN(C(=O)COc2ccc(F)cc2Cl)C1. The van der Waals surface area contributed by atoms with E-state index in [9.17, 15) is 14.0 Å². The molecule has 0 aromatic heterocycles. The van der Waals surface area contributed by atoms with Gasteiger partial charge < -0.3 is 15.4 Å². The molecule has 0 aliphatic carbocycles. The predicted molar refractivity (Wildman–Crippen MR) is 70.8 cm³/mol. The van der Waals surface area contributed by atoms with Gasteiger partial charge >= 0.3 is 0 Å². The van der Waals surface area contributed by atoms with Crippen molar-refractivity contribution in [2.45, 2.75) is 6.42 Å². The summed E-state index contributed by atoms with van der Waals surface area (Å²) in [6, 6.07) is 3.67. The Kier molecular flexibility index (Phi) is 4.44. The van der Waals surface area contributed by atoms with Crippen molar-refractivity contribution in [1.82, 2.24) is 4.90 Å². The highest BCUT2D eigenvalue weighted by atomic mass is 35.5. The molecule has 1 aliphatic heterocycles. The molecular weight excluding hydrogens is 287 g/mol. The van der Waals surface area contributed by atoms with E-state index in [0.29, 0.717) is 19.5 Å². The van der Waals surface area contributed by atoms with Gasteiger partial charge in [-0.25, -0.2) is 4.39 Å². The second kappa shape index (κ2) is 6.09. The fourth-order valence-corrected chi connectivity index (χ4v) is 2.26. The van der Waals surface area contributed by atoms with Gasteiger partial charge in [-0.15, -0.1) is 0 Å². The van der Waals surface area contributed by atoms with Crippen molar-refractivity contribution in [3.05, 3.63) is 29.0 Å². The lowest BCUT2D eigenvalue weighted by atomic mass is 10.1. The Morgan fingerprint density at radius 3 is 2.85 bits per heavy atom. The molecule has 108 valence electrons. The van der Waals surface area contributed by atoms with Gasteiger partial charge in [-0.2, -0.15) is 0 Å². The quantitative estimate of drug-likeness (QED) is 0.908. The molecule has 1 fully saturated rings. The number of halogens is 2. The molecule has 2 amide bonds. The number of likely N-dealkylation sites (tertiary alicyclic amines) is 1. The molecule has 7 heteroatoms. The summed E-state index contributed by atoms with van der Waals surface area (Å²) in [5.74, 6) is -1.19. The number of benzene rings is 1. The van der Waals surface area contributed by atoms with Crippen molar-refractivity contribution in [3.63, 3.8) is 0 Å². The molecule has 5 nitrogen and oxygen atoms in total. The van der Waals surface area contributed by atoms with E-state index in [-0.39, 0.29) is 29.2 Å². The highest BCUT2D eigenvalue weighted by Crippen LogP contribution is 2.25. The lowest BCUT2D eigenvalue weighted by Crippen LogP contribution is -2.34. The lowest BCUT2D eigenvalue weighted by Gasteiger charge is -2.16. The largest absolute Gasteiger partial charge is 0.482 e. The first kappa shape index (κ1) is 14.6. The molecule has 1 aromatic rings. The number of rotatable bonds is 4. The van der Waals surface area contributed by atoms with E-state index < -0.39 is 11.7 Å². The van der Waals surface area contributed by atoms with E-state index in [2.05, 4.69) is 0 Å². The normalized spacial score (nSPS) is 18.1. The Hall–Kier alpha value is -1.82. The van der Waals surface area contributed by atoms with Gasteiger partial charge in [0.2, 0.25) is 5.91 Å². The summed E-state index contributed by atoms with van der Waals surface area (Å²) in [4.78, 5) is 24.4. The first-order valence-electron chi connectivity index (χ1n) is 6.12. The lowest BCUT2D eigenvalue weighted by molar-refractivity contribution is -0.132. The van der Waals surface area contributed by atoms with Crippen LogP contribution in [0.5, 0.6) is 5.75 Å². The van der Waals surface area contributed by atoms with Crippen LogP contribution in [-0.4, -0.2) is 36.4 Å². The Labute approximate surface area is 120 Å². The fourth-order valence-electron chi connectivity index (χ4n) is 2.04. The zero-order valence-corrected chi connectivity index (χ0v) is 11.4. The van der Waals surface area contributed by atoms with Gasteiger partial charge in [0.05, 0.1) is 10.9 Å². The molecule has 2 rings (SSSR count). The number of hydrogen-bond donors (Lipinski definition) is 1. The maximum Gasteiger partial charge on any atom is 0.260 e. The van der Waals surface area contributed by atoms with Gasteiger partial charge in [0.15, 0.2) is 6.61 Å². The zero-order chi connectivity index (χ0) is 14.7. The van der Waals surface area contributed by atoms with Gasteiger partial charge in [-0.1, -0.05) is 11.6 Å². The van der Waals surface area contributed by atoms with Crippen molar-refractivity contribution in [2.24, 2.45) is 11.7 Å². The average Bonchev–Trinajstić information content (AvgIpc) is 2.87. The van der Waals surface area contributed by atoms with E-state index in [1.807, 2.05) is 0 Å². The molecule has 2 N–H and O–H groups in total. The molecule has 0 saturated carbocycles. The Balaban J connectivity index is 1.88. The number of nitrogens with zero attached hydrogens (tertiary/aromatic N) is 1. The fraction of sp³-hybridized carbons (Fsp3) is 0.385. The smallest absolute Gasteiger partial charge is 0.260 e. The van der Waals surface area contributed by atoms with Gasteiger partial charge in [0, 0.05) is 13.1 Å². The summed E-state index contributed by atoms with van der Waals surface area (Å²) in [7, 11) is 0. The third-order valence-electron chi connectivity index (χ3n) is 3.19. The Morgan fingerprint density at radius 2 is 2.25 bits per heavy atom. The number of hydrogen-bond acceptors (Lipinski definition) is 3. The van der Waals surface area contributed by atoms with Crippen LogP contribution in [0.15, 0.2) is 18.2 Å². The molecule has 0 spiro atoms. The number of nitrogens with two attached hydrogens (primary N) is 1. The average molecular weight is 301 g/mol. The highest BCUT2D eigenvalue weighted by molar-refractivity contribution is 6.32. The van der Waals surface area contributed by atoms with Crippen LogP contribution < -0.4 is 10.5 Å². The van der Waals surface area contributed by atoms with E-state index in [1.165, 1.54) is 17.0 Å². The molecule has 20 heavy (non-hydrogen) atoms. The third kappa shape index (κ3) is 3.39. The van der Waals surface area contributed by atoms with Crippen LogP contribution >= 0.6 is 11.6 Å². The maximum absolute atomic E-state index is 12.9. The van der Waals surface area contributed by atoms with Crippen LogP contribution in [-0.2, 0) is 9.59 Å². The maximum atomic E-state index is 12.9. The number of primary amides is 1. The summed E-state index contributed by atoms with van der Waals surface area (Å²) in [6.45, 7) is 0.582. The van der Waals surface area contributed by atoms with E-state index in [4.69, 9.17) is 22.1 Å². The third-order valence-corrected chi connectivity index (χ3v) is 3.48. The molecule has 1 heterocycles. The topological polar surface area (TPSA) is 72.6 Å². The Bertz CT molecular complexity index is 538. The molecule has 0 unspecified atom stereocenters.